The van der Waals surface area contributed by atoms with Crippen LogP contribution >= 0.6 is 0 Å². The largest absolute Gasteiger partial charge is 0.487 e. The first-order valence-electron chi connectivity index (χ1n) is 8.94. The fraction of sp³-hybridized carbons (Fsp3) is 0.130. The number of amides is 1. The lowest BCUT2D eigenvalue weighted by Crippen LogP contribution is -2.20. The Kier molecular flexibility index (Phi) is 6.52. The van der Waals surface area contributed by atoms with Gasteiger partial charge < -0.3 is 10.1 Å². The first-order valence-corrected chi connectivity index (χ1v) is 8.94. The van der Waals surface area contributed by atoms with Crippen molar-refractivity contribution in [3.63, 3.8) is 0 Å². The molecule has 2 aromatic carbocycles. The summed E-state index contributed by atoms with van der Waals surface area (Å²) in [5.74, 6) is 0.211. The molecule has 4 nitrogen and oxygen atoms in total. The minimum atomic E-state index is -0.300. The summed E-state index contributed by atoms with van der Waals surface area (Å²) in [7, 11) is 0. The van der Waals surface area contributed by atoms with Crippen molar-refractivity contribution in [2.45, 2.75) is 20.1 Å². The van der Waals surface area contributed by atoms with Crippen molar-refractivity contribution in [1.29, 1.82) is 0 Å². The van der Waals surface area contributed by atoms with Crippen molar-refractivity contribution in [2.24, 2.45) is 0 Å². The zero-order valence-corrected chi connectivity index (χ0v) is 15.6. The molecule has 0 saturated carbocycles. The van der Waals surface area contributed by atoms with E-state index in [-0.39, 0.29) is 11.7 Å². The quantitative estimate of drug-likeness (QED) is 0.617. The van der Waals surface area contributed by atoms with Gasteiger partial charge in [0, 0.05) is 18.8 Å². The Balaban J connectivity index is 1.54. The smallest absolute Gasteiger partial charge is 0.244 e. The molecule has 0 aliphatic rings. The molecule has 0 radical (unpaired) electrons. The lowest BCUT2D eigenvalue weighted by molar-refractivity contribution is -0.116. The van der Waals surface area contributed by atoms with Gasteiger partial charge in [-0.05, 0) is 60.0 Å². The Morgan fingerprint density at radius 2 is 1.93 bits per heavy atom. The molecule has 142 valence electrons. The number of carbonyl (C=O) groups excluding carboxylic acids is 1. The molecule has 0 unspecified atom stereocenters. The zero-order chi connectivity index (χ0) is 19.8. The van der Waals surface area contributed by atoms with Crippen molar-refractivity contribution < 1.29 is 13.9 Å². The van der Waals surface area contributed by atoms with Gasteiger partial charge in [-0.15, -0.1) is 0 Å². The summed E-state index contributed by atoms with van der Waals surface area (Å²) in [5.41, 5.74) is 3.36. The maximum Gasteiger partial charge on any atom is 0.244 e. The van der Waals surface area contributed by atoms with Crippen LogP contribution in [-0.2, 0) is 17.9 Å². The number of nitrogens with one attached hydrogen (secondary N) is 1. The van der Waals surface area contributed by atoms with E-state index in [0.717, 1.165) is 28.1 Å². The average Bonchev–Trinajstić information content (AvgIpc) is 2.72. The number of pyridine rings is 1. The standard InChI is InChI=1S/C23H21FN2O2/c1-17(19-8-10-20(24)11-9-19)13-23(27)26-15-18-5-4-7-22(14-18)28-16-21-6-2-3-12-25-21/h2-14H,15-16H2,1H3,(H,26,27)/b17-13+. The first kappa shape index (κ1) is 19.3. The molecule has 0 spiro atoms. The van der Waals surface area contributed by atoms with Crippen LogP contribution in [-0.4, -0.2) is 10.9 Å². The second kappa shape index (κ2) is 9.46. The summed E-state index contributed by atoms with van der Waals surface area (Å²) >= 11 is 0. The molecule has 0 aliphatic heterocycles. The van der Waals surface area contributed by atoms with E-state index >= 15 is 0 Å². The minimum absolute atomic E-state index is 0.207. The molecular weight excluding hydrogens is 355 g/mol. The van der Waals surface area contributed by atoms with Crippen LogP contribution in [0.2, 0.25) is 0 Å². The van der Waals surface area contributed by atoms with Gasteiger partial charge in [0.2, 0.25) is 5.91 Å². The van der Waals surface area contributed by atoms with Crippen LogP contribution in [0.1, 0.15) is 23.7 Å². The molecule has 1 aromatic heterocycles. The normalized spacial score (nSPS) is 11.1. The predicted octanol–water partition coefficient (Wildman–Crippen LogP) is 4.52. The molecule has 5 heteroatoms. The number of hydrogen-bond acceptors (Lipinski definition) is 3. The molecule has 0 fully saturated rings. The molecular formula is C23H21FN2O2. The van der Waals surface area contributed by atoms with Crippen LogP contribution in [0.5, 0.6) is 5.75 Å². The molecule has 1 amide bonds. The summed E-state index contributed by atoms with van der Waals surface area (Å²) < 4.78 is 18.7. The van der Waals surface area contributed by atoms with Gasteiger partial charge in [-0.1, -0.05) is 30.3 Å². The van der Waals surface area contributed by atoms with Crippen molar-refractivity contribution in [3.8, 4) is 5.75 Å². The van der Waals surface area contributed by atoms with E-state index in [0.29, 0.717) is 13.2 Å². The lowest BCUT2D eigenvalue weighted by Gasteiger charge is -2.08. The Morgan fingerprint density at radius 1 is 1.11 bits per heavy atom. The number of benzene rings is 2. The molecule has 1 heterocycles. The highest BCUT2D eigenvalue weighted by Gasteiger charge is 2.03. The van der Waals surface area contributed by atoms with Gasteiger partial charge in [-0.2, -0.15) is 0 Å². The molecule has 0 bridgehead atoms. The van der Waals surface area contributed by atoms with Crippen LogP contribution < -0.4 is 10.1 Å². The van der Waals surface area contributed by atoms with Crippen molar-refractivity contribution >= 4 is 11.5 Å². The molecule has 0 atom stereocenters. The van der Waals surface area contributed by atoms with Crippen LogP contribution in [0.15, 0.2) is 79.0 Å². The van der Waals surface area contributed by atoms with E-state index in [1.54, 1.807) is 18.3 Å². The zero-order valence-electron chi connectivity index (χ0n) is 15.6. The van der Waals surface area contributed by atoms with Crippen molar-refractivity contribution in [1.82, 2.24) is 10.3 Å². The Labute approximate surface area is 163 Å². The Bertz CT molecular complexity index is 954. The average molecular weight is 376 g/mol. The maximum absolute atomic E-state index is 13.0. The molecule has 3 aromatic rings. The van der Waals surface area contributed by atoms with Gasteiger partial charge in [-0.3, -0.25) is 9.78 Å². The molecule has 0 saturated heterocycles. The number of aromatic nitrogens is 1. The molecule has 28 heavy (non-hydrogen) atoms. The predicted molar refractivity (Wildman–Crippen MR) is 107 cm³/mol. The number of allylic oxidation sites excluding steroid dienone is 1. The SMILES string of the molecule is C/C(=C\C(=O)NCc1cccc(OCc2ccccn2)c1)c1ccc(F)cc1. The summed E-state index contributed by atoms with van der Waals surface area (Å²) in [6.45, 7) is 2.59. The fourth-order valence-corrected chi connectivity index (χ4v) is 2.62. The summed E-state index contributed by atoms with van der Waals surface area (Å²) in [6, 6.07) is 19.3. The van der Waals surface area contributed by atoms with E-state index in [4.69, 9.17) is 4.74 Å². The summed E-state index contributed by atoms with van der Waals surface area (Å²) in [6.07, 6.45) is 3.24. The topological polar surface area (TPSA) is 51.2 Å². The lowest BCUT2D eigenvalue weighted by atomic mass is 10.1. The third kappa shape index (κ3) is 5.77. The molecule has 1 N–H and O–H groups in total. The highest BCUT2D eigenvalue weighted by molar-refractivity contribution is 5.94. The highest BCUT2D eigenvalue weighted by Crippen LogP contribution is 2.16. The van der Waals surface area contributed by atoms with Gasteiger partial charge in [0.1, 0.15) is 18.2 Å². The van der Waals surface area contributed by atoms with Gasteiger partial charge >= 0.3 is 0 Å². The highest BCUT2D eigenvalue weighted by atomic mass is 19.1. The maximum atomic E-state index is 13.0. The number of carbonyl (C=O) groups is 1. The fourth-order valence-electron chi connectivity index (χ4n) is 2.62. The Morgan fingerprint density at radius 3 is 2.68 bits per heavy atom. The van der Waals surface area contributed by atoms with Gasteiger partial charge in [0.25, 0.3) is 0 Å². The number of nitrogens with zero attached hydrogens (tertiary/aromatic N) is 1. The molecule has 0 aliphatic carbocycles. The summed E-state index contributed by atoms with van der Waals surface area (Å²) in [4.78, 5) is 16.4. The summed E-state index contributed by atoms with van der Waals surface area (Å²) in [5, 5.41) is 2.85. The number of halogens is 1. The number of ether oxygens (including phenoxy) is 1. The van der Waals surface area contributed by atoms with Gasteiger partial charge in [0.15, 0.2) is 0 Å². The van der Waals surface area contributed by atoms with E-state index in [1.807, 2.05) is 49.4 Å². The van der Waals surface area contributed by atoms with Crippen molar-refractivity contribution in [3.05, 3.63) is 102 Å². The molecule has 3 rings (SSSR count). The second-order valence-electron chi connectivity index (χ2n) is 6.31. The van der Waals surface area contributed by atoms with Crippen molar-refractivity contribution in [2.75, 3.05) is 0 Å². The van der Waals surface area contributed by atoms with Gasteiger partial charge in [0.05, 0.1) is 5.69 Å². The van der Waals surface area contributed by atoms with Crippen LogP contribution in [0.3, 0.4) is 0 Å². The third-order valence-electron chi connectivity index (χ3n) is 4.13. The van der Waals surface area contributed by atoms with Crippen LogP contribution in [0.25, 0.3) is 5.57 Å². The van der Waals surface area contributed by atoms with Gasteiger partial charge in [-0.25, -0.2) is 4.39 Å². The van der Waals surface area contributed by atoms with E-state index in [1.165, 1.54) is 18.2 Å². The third-order valence-corrected chi connectivity index (χ3v) is 4.13. The van der Waals surface area contributed by atoms with E-state index in [9.17, 15) is 9.18 Å². The minimum Gasteiger partial charge on any atom is -0.487 e. The number of hydrogen-bond donors (Lipinski definition) is 1. The second-order valence-corrected chi connectivity index (χ2v) is 6.31. The monoisotopic (exact) mass is 376 g/mol. The Hall–Kier alpha value is -3.47. The van der Waals surface area contributed by atoms with E-state index < -0.39 is 0 Å². The number of rotatable bonds is 7. The van der Waals surface area contributed by atoms with Crippen LogP contribution in [0, 0.1) is 5.82 Å². The van der Waals surface area contributed by atoms with E-state index in [2.05, 4.69) is 10.3 Å². The first-order chi connectivity index (χ1) is 13.6. The van der Waals surface area contributed by atoms with Crippen LogP contribution in [0.4, 0.5) is 4.39 Å².